The maximum atomic E-state index is 13.0. The summed E-state index contributed by atoms with van der Waals surface area (Å²) in [7, 11) is 0. The standard InChI is InChI=1S/C19H26N4O2S/c1-3-6-15-12(4-2)9-16(26-15)19(25)23-8-5-7-13(11-23)17-14(18(20)24)10-21-22-17/h9-10,13H,3-8,11H2,1-2H3,(H2,20,24)(H,21,22)/t13-/m1/s1. The summed E-state index contributed by atoms with van der Waals surface area (Å²) in [4.78, 5) is 28.7. The smallest absolute Gasteiger partial charge is 0.263 e. The topological polar surface area (TPSA) is 92.1 Å². The highest BCUT2D eigenvalue weighted by molar-refractivity contribution is 7.14. The number of likely N-dealkylation sites (tertiary alicyclic amines) is 1. The lowest BCUT2D eigenvalue weighted by molar-refractivity contribution is 0.0710. The quantitative estimate of drug-likeness (QED) is 0.814. The lowest BCUT2D eigenvalue weighted by atomic mass is 9.92. The van der Waals surface area contributed by atoms with Crippen LogP contribution in [0.5, 0.6) is 0 Å². The Bertz CT molecular complexity index is 795. The summed E-state index contributed by atoms with van der Waals surface area (Å²) in [5.41, 5.74) is 7.91. The number of amides is 2. The van der Waals surface area contributed by atoms with E-state index in [1.165, 1.54) is 16.6 Å². The number of aromatic amines is 1. The molecule has 1 fully saturated rings. The molecular formula is C19H26N4O2S. The monoisotopic (exact) mass is 374 g/mol. The van der Waals surface area contributed by atoms with Gasteiger partial charge in [0.25, 0.3) is 11.8 Å². The van der Waals surface area contributed by atoms with Gasteiger partial charge >= 0.3 is 0 Å². The van der Waals surface area contributed by atoms with E-state index >= 15 is 0 Å². The largest absolute Gasteiger partial charge is 0.365 e. The van der Waals surface area contributed by atoms with Gasteiger partial charge in [-0.2, -0.15) is 5.10 Å². The Hall–Kier alpha value is -2.15. The van der Waals surface area contributed by atoms with E-state index in [4.69, 9.17) is 5.73 Å². The van der Waals surface area contributed by atoms with Gasteiger partial charge in [-0.05, 0) is 37.3 Å². The number of nitrogens with two attached hydrogens (primary N) is 1. The molecule has 1 saturated heterocycles. The summed E-state index contributed by atoms with van der Waals surface area (Å²) in [5.74, 6) is -0.317. The molecule has 3 heterocycles. The number of rotatable bonds is 6. The number of hydrogen-bond acceptors (Lipinski definition) is 4. The molecule has 7 heteroatoms. The first-order chi connectivity index (χ1) is 12.5. The van der Waals surface area contributed by atoms with Crippen LogP contribution in [0.25, 0.3) is 0 Å². The first-order valence-electron chi connectivity index (χ1n) is 9.29. The molecule has 26 heavy (non-hydrogen) atoms. The fourth-order valence-electron chi connectivity index (χ4n) is 3.67. The zero-order chi connectivity index (χ0) is 18.7. The zero-order valence-corrected chi connectivity index (χ0v) is 16.2. The summed E-state index contributed by atoms with van der Waals surface area (Å²) in [6, 6.07) is 2.06. The van der Waals surface area contributed by atoms with E-state index < -0.39 is 5.91 Å². The molecule has 6 nitrogen and oxygen atoms in total. The number of H-pyrrole nitrogens is 1. The summed E-state index contributed by atoms with van der Waals surface area (Å²) in [6.45, 7) is 5.63. The van der Waals surface area contributed by atoms with E-state index in [2.05, 4.69) is 30.1 Å². The van der Waals surface area contributed by atoms with Gasteiger partial charge in [0.2, 0.25) is 0 Å². The third-order valence-corrected chi connectivity index (χ3v) is 6.24. The Morgan fingerprint density at radius 3 is 2.92 bits per heavy atom. The molecular weight excluding hydrogens is 348 g/mol. The zero-order valence-electron chi connectivity index (χ0n) is 15.4. The number of carbonyl (C=O) groups excluding carboxylic acids is 2. The molecule has 0 aliphatic carbocycles. The minimum atomic E-state index is -0.479. The Kier molecular flexibility index (Phi) is 5.76. The number of piperidine rings is 1. The average molecular weight is 375 g/mol. The maximum absolute atomic E-state index is 13.0. The summed E-state index contributed by atoms with van der Waals surface area (Å²) in [5, 5.41) is 6.87. The molecule has 2 amide bonds. The SMILES string of the molecule is CCCc1sc(C(=O)N2CCC[C@@H](c3[nH]ncc3C(N)=O)C2)cc1CC. The second-order valence-corrected chi connectivity index (χ2v) is 7.95. The van der Waals surface area contributed by atoms with E-state index in [0.717, 1.165) is 49.2 Å². The number of aryl methyl sites for hydroxylation is 2. The second-order valence-electron chi connectivity index (χ2n) is 6.81. The van der Waals surface area contributed by atoms with Crippen molar-refractivity contribution in [3.63, 3.8) is 0 Å². The van der Waals surface area contributed by atoms with Crippen LogP contribution in [-0.4, -0.2) is 40.0 Å². The van der Waals surface area contributed by atoms with Gasteiger partial charge in [0, 0.05) is 23.9 Å². The normalized spacial score (nSPS) is 17.5. The van der Waals surface area contributed by atoms with Crippen LogP contribution in [0.4, 0.5) is 0 Å². The van der Waals surface area contributed by atoms with Gasteiger partial charge in [0.05, 0.1) is 22.3 Å². The van der Waals surface area contributed by atoms with Gasteiger partial charge in [0.1, 0.15) is 0 Å². The van der Waals surface area contributed by atoms with Crippen LogP contribution in [0, 0.1) is 0 Å². The lowest BCUT2D eigenvalue weighted by Gasteiger charge is -2.32. The average Bonchev–Trinajstić information content (AvgIpc) is 3.28. The number of aromatic nitrogens is 2. The minimum absolute atomic E-state index is 0.0680. The van der Waals surface area contributed by atoms with Gasteiger partial charge < -0.3 is 10.6 Å². The highest BCUT2D eigenvalue weighted by Gasteiger charge is 2.29. The van der Waals surface area contributed by atoms with Crippen molar-refractivity contribution in [1.82, 2.24) is 15.1 Å². The molecule has 3 rings (SSSR count). The first-order valence-corrected chi connectivity index (χ1v) is 10.1. The minimum Gasteiger partial charge on any atom is -0.365 e. The Labute approximate surface area is 157 Å². The van der Waals surface area contributed by atoms with Crippen molar-refractivity contribution in [3.8, 4) is 0 Å². The number of thiophene rings is 1. The van der Waals surface area contributed by atoms with E-state index in [9.17, 15) is 9.59 Å². The van der Waals surface area contributed by atoms with Gasteiger partial charge in [-0.1, -0.05) is 20.3 Å². The van der Waals surface area contributed by atoms with Crippen LogP contribution >= 0.6 is 11.3 Å². The summed E-state index contributed by atoms with van der Waals surface area (Å²) < 4.78 is 0. The van der Waals surface area contributed by atoms with Crippen LogP contribution < -0.4 is 5.73 Å². The Morgan fingerprint density at radius 2 is 2.23 bits per heavy atom. The van der Waals surface area contributed by atoms with Crippen LogP contribution in [-0.2, 0) is 12.8 Å². The predicted octanol–water partition coefficient (Wildman–Crippen LogP) is 3.10. The third kappa shape index (κ3) is 3.67. The number of primary amides is 1. The Morgan fingerprint density at radius 1 is 1.42 bits per heavy atom. The predicted molar refractivity (Wildman–Crippen MR) is 103 cm³/mol. The molecule has 0 aromatic carbocycles. The van der Waals surface area contributed by atoms with Crippen molar-refractivity contribution in [2.75, 3.05) is 13.1 Å². The molecule has 0 bridgehead atoms. The van der Waals surface area contributed by atoms with Crippen LogP contribution in [0.15, 0.2) is 12.3 Å². The van der Waals surface area contributed by atoms with Crippen LogP contribution in [0.2, 0.25) is 0 Å². The molecule has 0 radical (unpaired) electrons. The molecule has 140 valence electrons. The number of nitrogens with one attached hydrogen (secondary N) is 1. The third-order valence-electron chi connectivity index (χ3n) is 5.02. The summed E-state index contributed by atoms with van der Waals surface area (Å²) in [6.07, 6.45) is 6.36. The molecule has 0 unspecified atom stereocenters. The molecule has 0 spiro atoms. The van der Waals surface area contributed by atoms with E-state index in [1.54, 1.807) is 11.3 Å². The molecule has 0 saturated carbocycles. The second kappa shape index (κ2) is 8.03. The Balaban J connectivity index is 1.78. The van der Waals surface area contributed by atoms with Gasteiger partial charge in [-0.3, -0.25) is 14.7 Å². The van der Waals surface area contributed by atoms with Gasteiger partial charge in [-0.15, -0.1) is 11.3 Å². The van der Waals surface area contributed by atoms with E-state index in [1.807, 2.05) is 4.90 Å². The van der Waals surface area contributed by atoms with Crippen LogP contribution in [0.1, 0.15) is 75.2 Å². The molecule has 2 aromatic heterocycles. The number of carbonyl (C=O) groups is 2. The van der Waals surface area contributed by atoms with Crippen molar-refractivity contribution >= 4 is 23.2 Å². The molecule has 3 N–H and O–H groups in total. The lowest BCUT2D eigenvalue weighted by Crippen LogP contribution is -2.39. The molecule has 1 aliphatic heterocycles. The van der Waals surface area contributed by atoms with Crippen LogP contribution in [0.3, 0.4) is 0 Å². The molecule has 1 aliphatic rings. The highest BCUT2D eigenvalue weighted by atomic mass is 32.1. The van der Waals surface area contributed by atoms with Gasteiger partial charge in [0.15, 0.2) is 0 Å². The highest BCUT2D eigenvalue weighted by Crippen LogP contribution is 2.31. The molecule has 2 aromatic rings. The van der Waals surface area contributed by atoms with E-state index in [-0.39, 0.29) is 11.8 Å². The van der Waals surface area contributed by atoms with Crippen molar-refractivity contribution in [2.45, 2.75) is 51.9 Å². The first kappa shape index (κ1) is 18.6. The molecule has 1 atom stereocenters. The number of hydrogen-bond donors (Lipinski definition) is 2. The fourth-order valence-corrected chi connectivity index (χ4v) is 4.99. The number of nitrogens with zero attached hydrogens (tertiary/aromatic N) is 2. The van der Waals surface area contributed by atoms with Crippen molar-refractivity contribution in [2.24, 2.45) is 5.73 Å². The van der Waals surface area contributed by atoms with Gasteiger partial charge in [-0.25, -0.2) is 0 Å². The van der Waals surface area contributed by atoms with Crippen molar-refractivity contribution < 1.29 is 9.59 Å². The van der Waals surface area contributed by atoms with Crippen molar-refractivity contribution in [1.29, 1.82) is 0 Å². The van der Waals surface area contributed by atoms with E-state index in [0.29, 0.717) is 12.1 Å². The summed E-state index contributed by atoms with van der Waals surface area (Å²) >= 11 is 1.63. The fraction of sp³-hybridized carbons (Fsp3) is 0.526. The maximum Gasteiger partial charge on any atom is 0.263 e. The van der Waals surface area contributed by atoms with Crippen molar-refractivity contribution in [3.05, 3.63) is 38.8 Å².